The zero-order chi connectivity index (χ0) is 21.2. The Morgan fingerprint density at radius 1 is 1.10 bits per heavy atom. The van der Waals surface area contributed by atoms with E-state index in [1.807, 2.05) is 38.1 Å². The number of aryl methyl sites for hydroxylation is 1. The number of carbonyl (C=O) groups excluding carboxylic acids is 1. The van der Waals surface area contributed by atoms with Gasteiger partial charge in [-0.15, -0.1) is 0 Å². The van der Waals surface area contributed by atoms with Crippen LogP contribution in [0.1, 0.15) is 47.3 Å². The van der Waals surface area contributed by atoms with Crippen LogP contribution in [0.15, 0.2) is 47.4 Å². The number of amides is 1. The van der Waals surface area contributed by atoms with Gasteiger partial charge in [-0.25, -0.2) is 12.7 Å². The van der Waals surface area contributed by atoms with Crippen molar-refractivity contribution in [2.24, 2.45) is 0 Å². The topological polar surface area (TPSA) is 69.7 Å². The number of hydrogen-bond acceptors (Lipinski definition) is 4. The maximum Gasteiger partial charge on any atom is 0.253 e. The van der Waals surface area contributed by atoms with Crippen LogP contribution >= 0.6 is 0 Å². The van der Waals surface area contributed by atoms with Crippen molar-refractivity contribution >= 4 is 21.6 Å². The summed E-state index contributed by atoms with van der Waals surface area (Å²) in [4.78, 5) is 15.5. The molecule has 0 bridgehead atoms. The van der Waals surface area contributed by atoms with Gasteiger partial charge >= 0.3 is 0 Å². The standard InChI is InChI=1S/C22H29N3O3S/c1-16-9-5-6-10-19(16)17(2)23-22(26)20-15-18(29(27,28)24(3)4)11-12-21(20)25-13-7-8-14-25/h5-6,9-12,15,17H,7-8,13-14H2,1-4H3,(H,23,26). The lowest BCUT2D eigenvalue weighted by Gasteiger charge is -2.24. The van der Waals surface area contributed by atoms with Gasteiger partial charge in [0, 0.05) is 32.9 Å². The fourth-order valence-corrected chi connectivity index (χ4v) is 4.66. The molecule has 0 aromatic heterocycles. The summed E-state index contributed by atoms with van der Waals surface area (Å²) in [5, 5.41) is 3.05. The summed E-state index contributed by atoms with van der Waals surface area (Å²) >= 11 is 0. The maximum absolute atomic E-state index is 13.2. The van der Waals surface area contributed by atoms with Crippen LogP contribution in [0.5, 0.6) is 0 Å². The molecule has 1 aliphatic heterocycles. The summed E-state index contributed by atoms with van der Waals surface area (Å²) < 4.78 is 26.4. The molecule has 3 rings (SSSR count). The minimum atomic E-state index is -3.63. The van der Waals surface area contributed by atoms with Crippen molar-refractivity contribution < 1.29 is 13.2 Å². The van der Waals surface area contributed by atoms with E-state index in [9.17, 15) is 13.2 Å². The van der Waals surface area contributed by atoms with Gasteiger partial charge < -0.3 is 10.2 Å². The van der Waals surface area contributed by atoms with Gasteiger partial charge in [0.2, 0.25) is 10.0 Å². The van der Waals surface area contributed by atoms with Gasteiger partial charge in [0.1, 0.15) is 0 Å². The molecule has 0 aliphatic carbocycles. The average Bonchev–Trinajstić information content (AvgIpc) is 3.22. The smallest absolute Gasteiger partial charge is 0.253 e. The lowest BCUT2D eigenvalue weighted by Crippen LogP contribution is -2.30. The Kier molecular flexibility index (Phi) is 6.29. The van der Waals surface area contributed by atoms with E-state index < -0.39 is 10.0 Å². The third-order valence-corrected chi connectivity index (χ3v) is 7.25. The Morgan fingerprint density at radius 3 is 2.38 bits per heavy atom. The summed E-state index contributed by atoms with van der Waals surface area (Å²) in [7, 11) is -0.646. The van der Waals surface area contributed by atoms with Crippen LogP contribution in [-0.4, -0.2) is 45.8 Å². The normalized spacial score (nSPS) is 15.6. The predicted octanol–water partition coefficient (Wildman–Crippen LogP) is 3.34. The molecule has 0 radical (unpaired) electrons. The van der Waals surface area contributed by atoms with Crippen LogP contribution in [-0.2, 0) is 10.0 Å². The van der Waals surface area contributed by atoms with E-state index in [2.05, 4.69) is 10.2 Å². The first-order chi connectivity index (χ1) is 13.7. The van der Waals surface area contributed by atoms with Gasteiger partial charge in [0.25, 0.3) is 5.91 Å². The molecule has 0 saturated carbocycles. The number of sulfonamides is 1. The van der Waals surface area contributed by atoms with E-state index in [-0.39, 0.29) is 16.8 Å². The molecule has 1 atom stereocenters. The minimum Gasteiger partial charge on any atom is -0.371 e. The molecule has 1 fully saturated rings. The summed E-state index contributed by atoms with van der Waals surface area (Å²) in [6, 6.07) is 12.6. The minimum absolute atomic E-state index is 0.124. The second-order valence-corrected chi connectivity index (χ2v) is 9.86. The van der Waals surface area contributed by atoms with E-state index in [1.54, 1.807) is 12.1 Å². The van der Waals surface area contributed by atoms with Gasteiger partial charge in [0.05, 0.1) is 16.5 Å². The van der Waals surface area contributed by atoms with Crippen LogP contribution in [0.3, 0.4) is 0 Å². The highest BCUT2D eigenvalue weighted by Gasteiger charge is 2.25. The molecule has 1 N–H and O–H groups in total. The Bertz CT molecular complexity index is 996. The second kappa shape index (κ2) is 8.55. The highest BCUT2D eigenvalue weighted by molar-refractivity contribution is 7.89. The highest BCUT2D eigenvalue weighted by atomic mass is 32.2. The van der Waals surface area contributed by atoms with Crippen molar-refractivity contribution in [3.05, 3.63) is 59.2 Å². The molecular formula is C22H29N3O3S. The first-order valence-electron chi connectivity index (χ1n) is 9.89. The molecular weight excluding hydrogens is 386 g/mol. The van der Waals surface area contributed by atoms with Gasteiger partial charge in [-0.1, -0.05) is 24.3 Å². The van der Waals surface area contributed by atoms with Crippen molar-refractivity contribution in [3.8, 4) is 0 Å². The highest BCUT2D eigenvalue weighted by Crippen LogP contribution is 2.29. The molecule has 29 heavy (non-hydrogen) atoms. The van der Waals surface area contributed by atoms with E-state index in [1.165, 1.54) is 20.2 Å². The Balaban J connectivity index is 1.98. The summed E-state index contributed by atoms with van der Waals surface area (Å²) in [6.07, 6.45) is 2.14. The Labute approximate surface area is 173 Å². The second-order valence-electron chi connectivity index (χ2n) is 7.71. The Hall–Kier alpha value is -2.38. The lowest BCUT2D eigenvalue weighted by molar-refractivity contribution is 0.0940. The van der Waals surface area contributed by atoms with E-state index in [0.29, 0.717) is 5.56 Å². The van der Waals surface area contributed by atoms with Crippen LogP contribution in [0.25, 0.3) is 0 Å². The number of rotatable bonds is 6. The largest absolute Gasteiger partial charge is 0.371 e. The summed E-state index contributed by atoms with van der Waals surface area (Å²) in [5.41, 5.74) is 3.33. The van der Waals surface area contributed by atoms with Crippen molar-refractivity contribution in [1.29, 1.82) is 0 Å². The van der Waals surface area contributed by atoms with Crippen molar-refractivity contribution in [2.75, 3.05) is 32.1 Å². The molecule has 2 aromatic rings. The van der Waals surface area contributed by atoms with Crippen LogP contribution < -0.4 is 10.2 Å². The molecule has 2 aromatic carbocycles. The predicted molar refractivity (Wildman–Crippen MR) is 116 cm³/mol. The number of benzene rings is 2. The number of hydrogen-bond donors (Lipinski definition) is 1. The monoisotopic (exact) mass is 415 g/mol. The van der Waals surface area contributed by atoms with Crippen LogP contribution in [0, 0.1) is 6.92 Å². The fourth-order valence-electron chi connectivity index (χ4n) is 3.73. The van der Waals surface area contributed by atoms with Crippen molar-refractivity contribution in [2.45, 2.75) is 37.6 Å². The fraction of sp³-hybridized carbons (Fsp3) is 0.409. The molecule has 1 unspecified atom stereocenters. The third kappa shape index (κ3) is 4.46. The molecule has 1 heterocycles. The number of nitrogens with one attached hydrogen (secondary N) is 1. The molecule has 0 spiro atoms. The quantitative estimate of drug-likeness (QED) is 0.786. The molecule has 1 amide bonds. The third-order valence-electron chi connectivity index (χ3n) is 5.44. The van der Waals surface area contributed by atoms with E-state index >= 15 is 0 Å². The SMILES string of the molecule is Cc1ccccc1C(C)NC(=O)c1cc(S(=O)(=O)N(C)C)ccc1N1CCCC1. The Morgan fingerprint density at radius 2 is 1.76 bits per heavy atom. The zero-order valence-electron chi connectivity index (χ0n) is 17.5. The van der Waals surface area contributed by atoms with Crippen LogP contribution in [0.4, 0.5) is 5.69 Å². The van der Waals surface area contributed by atoms with Gasteiger partial charge in [0.15, 0.2) is 0 Å². The summed E-state index contributed by atoms with van der Waals surface area (Å²) in [5.74, 6) is -0.265. The molecule has 1 saturated heterocycles. The van der Waals surface area contributed by atoms with E-state index in [0.717, 1.165) is 47.1 Å². The molecule has 7 heteroatoms. The van der Waals surface area contributed by atoms with Crippen molar-refractivity contribution in [3.63, 3.8) is 0 Å². The summed E-state index contributed by atoms with van der Waals surface area (Å²) in [6.45, 7) is 5.69. The zero-order valence-corrected chi connectivity index (χ0v) is 18.3. The van der Waals surface area contributed by atoms with Gasteiger partial charge in [-0.05, 0) is 56.0 Å². The maximum atomic E-state index is 13.2. The number of nitrogens with zero attached hydrogens (tertiary/aromatic N) is 2. The molecule has 6 nitrogen and oxygen atoms in total. The van der Waals surface area contributed by atoms with E-state index in [4.69, 9.17) is 0 Å². The van der Waals surface area contributed by atoms with Gasteiger partial charge in [-0.2, -0.15) is 0 Å². The number of carbonyl (C=O) groups is 1. The van der Waals surface area contributed by atoms with Gasteiger partial charge in [-0.3, -0.25) is 4.79 Å². The molecule has 1 aliphatic rings. The molecule has 156 valence electrons. The van der Waals surface area contributed by atoms with Crippen molar-refractivity contribution in [1.82, 2.24) is 9.62 Å². The lowest BCUT2D eigenvalue weighted by atomic mass is 10.0. The van der Waals surface area contributed by atoms with Crippen LogP contribution in [0.2, 0.25) is 0 Å². The average molecular weight is 416 g/mol. The first kappa shape index (κ1) is 21.3. The number of anilines is 1. The first-order valence-corrected chi connectivity index (χ1v) is 11.3.